The number of hydrogen-bond donors (Lipinski definition) is 3. The number of aromatic amines is 1. The molecule has 4 N–H and O–H groups in total. The van der Waals surface area contributed by atoms with Crippen LogP contribution < -0.4 is 20.7 Å². The lowest BCUT2D eigenvalue weighted by Gasteiger charge is -2.42. The maximum absolute atomic E-state index is 12.6. The number of nitrogens with one attached hydrogen (secondary N) is 2. The molecule has 0 saturated carbocycles. The summed E-state index contributed by atoms with van der Waals surface area (Å²) in [4.78, 5) is 15.0. The molecular weight excluding hydrogens is 550 g/mol. The van der Waals surface area contributed by atoms with Crippen LogP contribution >= 0.6 is 11.6 Å². The normalized spacial score (nSPS) is 21.1. The number of benzene rings is 3. The molecule has 8 nitrogen and oxygen atoms in total. The second-order valence-corrected chi connectivity index (χ2v) is 11.8. The summed E-state index contributed by atoms with van der Waals surface area (Å²) in [5, 5.41) is 12.3. The second kappa shape index (κ2) is 11.8. The molecule has 42 heavy (non-hydrogen) atoms. The quantitative estimate of drug-likeness (QED) is 0.223. The Labute approximate surface area is 250 Å². The zero-order valence-corrected chi connectivity index (χ0v) is 24.7. The standard InChI is InChI=1S/C33H36ClN5O3/c1-33(41-2)14-13-25(21-9-11-23(34)12-10-21)22(18-33)17-24-19-36-15-16-39(24)29-7-3-5-26(32(35)40)31(29)42-30-8-4-6-28-27(30)20-37-38-28/h3-12,20,24,36H,13-19H2,1-2H3,(H2,35,40)(H,37,38). The number of hydrogen-bond acceptors (Lipinski definition) is 6. The fourth-order valence-corrected chi connectivity index (χ4v) is 6.44. The van der Waals surface area contributed by atoms with Gasteiger partial charge < -0.3 is 25.4 Å². The van der Waals surface area contributed by atoms with Gasteiger partial charge in [-0.15, -0.1) is 0 Å². The molecule has 1 fully saturated rings. The van der Waals surface area contributed by atoms with Crippen LogP contribution in [0.5, 0.6) is 11.5 Å². The molecule has 6 rings (SSSR count). The topological polar surface area (TPSA) is 106 Å². The molecule has 0 radical (unpaired) electrons. The predicted octanol–water partition coefficient (Wildman–Crippen LogP) is 6.32. The molecule has 1 aliphatic carbocycles. The number of carbonyl (C=O) groups excluding carboxylic acids is 1. The number of nitrogens with zero attached hydrogens (tertiary/aromatic N) is 2. The minimum Gasteiger partial charge on any atom is -0.454 e. The van der Waals surface area contributed by atoms with Crippen molar-refractivity contribution in [2.45, 2.75) is 44.2 Å². The maximum atomic E-state index is 12.6. The summed E-state index contributed by atoms with van der Waals surface area (Å²) in [5.74, 6) is 0.537. The van der Waals surface area contributed by atoms with Gasteiger partial charge in [0.05, 0.1) is 34.0 Å². The summed E-state index contributed by atoms with van der Waals surface area (Å²) in [6, 6.07) is 19.6. The number of H-pyrrole nitrogens is 1. The monoisotopic (exact) mass is 585 g/mol. The average molecular weight is 586 g/mol. The number of aromatic nitrogens is 2. The van der Waals surface area contributed by atoms with E-state index in [1.165, 1.54) is 16.7 Å². The van der Waals surface area contributed by atoms with Crippen molar-refractivity contribution >= 4 is 39.7 Å². The molecule has 1 aliphatic heterocycles. The summed E-state index contributed by atoms with van der Waals surface area (Å²) in [6.07, 6.45) is 5.30. The SMILES string of the molecule is COC1(C)CCC(c2ccc(Cl)cc2)=C(CC2CNCCN2c2cccc(C(N)=O)c2Oc2cccc3[nH]ncc23)C1. The fourth-order valence-electron chi connectivity index (χ4n) is 6.32. The van der Waals surface area contributed by atoms with Crippen LogP contribution in [-0.2, 0) is 4.74 Å². The van der Waals surface area contributed by atoms with Crippen LogP contribution in [0.4, 0.5) is 5.69 Å². The first-order chi connectivity index (χ1) is 20.3. The Morgan fingerprint density at radius 2 is 1.98 bits per heavy atom. The minimum atomic E-state index is -0.534. The van der Waals surface area contributed by atoms with E-state index in [4.69, 9.17) is 26.8 Å². The number of nitrogens with two attached hydrogens (primary N) is 1. The number of halogens is 1. The van der Waals surface area contributed by atoms with Crippen LogP contribution in [0.15, 0.2) is 72.4 Å². The van der Waals surface area contributed by atoms with Gasteiger partial charge in [-0.05, 0) is 80.1 Å². The highest BCUT2D eigenvalue weighted by Gasteiger charge is 2.35. The molecule has 3 aromatic carbocycles. The van der Waals surface area contributed by atoms with Gasteiger partial charge in [0.1, 0.15) is 5.75 Å². The first-order valence-electron chi connectivity index (χ1n) is 14.4. The van der Waals surface area contributed by atoms with Crippen molar-refractivity contribution < 1.29 is 14.3 Å². The molecule has 1 amide bonds. The number of carbonyl (C=O) groups is 1. The number of ether oxygens (including phenoxy) is 2. The molecule has 1 saturated heterocycles. The van der Waals surface area contributed by atoms with Crippen molar-refractivity contribution in [1.29, 1.82) is 0 Å². The number of rotatable bonds is 8. The zero-order valence-electron chi connectivity index (χ0n) is 24.0. The fraction of sp³-hybridized carbons (Fsp3) is 0.333. The number of methoxy groups -OCH3 is 1. The van der Waals surface area contributed by atoms with E-state index < -0.39 is 5.91 Å². The Kier molecular flexibility index (Phi) is 7.94. The van der Waals surface area contributed by atoms with Gasteiger partial charge in [-0.2, -0.15) is 5.10 Å². The highest BCUT2D eigenvalue weighted by molar-refractivity contribution is 6.30. The first kappa shape index (κ1) is 28.3. The molecule has 2 heterocycles. The van der Waals surface area contributed by atoms with Crippen LogP contribution in [0.25, 0.3) is 16.5 Å². The van der Waals surface area contributed by atoms with E-state index in [9.17, 15) is 4.79 Å². The van der Waals surface area contributed by atoms with Gasteiger partial charge >= 0.3 is 0 Å². The number of piperazine rings is 1. The lowest BCUT2D eigenvalue weighted by atomic mass is 9.77. The van der Waals surface area contributed by atoms with Gasteiger partial charge in [-0.1, -0.05) is 41.4 Å². The van der Waals surface area contributed by atoms with Crippen molar-refractivity contribution in [3.63, 3.8) is 0 Å². The van der Waals surface area contributed by atoms with Crippen LogP contribution in [0.2, 0.25) is 5.02 Å². The number of para-hydroxylation sites is 1. The molecule has 2 atom stereocenters. The Bertz CT molecular complexity index is 1630. The van der Waals surface area contributed by atoms with Crippen LogP contribution in [-0.4, -0.2) is 54.5 Å². The van der Waals surface area contributed by atoms with Gasteiger partial charge in [-0.3, -0.25) is 9.89 Å². The molecule has 4 aromatic rings. The molecule has 0 spiro atoms. The second-order valence-electron chi connectivity index (χ2n) is 11.4. The van der Waals surface area contributed by atoms with E-state index >= 15 is 0 Å². The predicted molar refractivity (Wildman–Crippen MR) is 167 cm³/mol. The van der Waals surface area contributed by atoms with Crippen molar-refractivity contribution in [2.75, 3.05) is 31.6 Å². The summed E-state index contributed by atoms with van der Waals surface area (Å²) >= 11 is 6.23. The van der Waals surface area contributed by atoms with Crippen molar-refractivity contribution in [2.24, 2.45) is 5.73 Å². The van der Waals surface area contributed by atoms with E-state index in [1.807, 2.05) is 42.5 Å². The Morgan fingerprint density at radius 1 is 1.17 bits per heavy atom. The third kappa shape index (κ3) is 5.62. The van der Waals surface area contributed by atoms with Gasteiger partial charge in [0, 0.05) is 37.8 Å². The van der Waals surface area contributed by atoms with Gasteiger partial charge in [-0.25, -0.2) is 0 Å². The number of amides is 1. The highest BCUT2D eigenvalue weighted by Crippen LogP contribution is 2.44. The molecule has 2 aliphatic rings. The lowest BCUT2D eigenvalue weighted by molar-refractivity contribution is -0.00333. The van der Waals surface area contributed by atoms with Crippen molar-refractivity contribution in [3.8, 4) is 11.5 Å². The molecule has 218 valence electrons. The summed E-state index contributed by atoms with van der Waals surface area (Å²) in [7, 11) is 1.80. The van der Waals surface area contributed by atoms with Gasteiger partial charge in [0.25, 0.3) is 5.91 Å². The average Bonchev–Trinajstić information content (AvgIpc) is 3.48. The molecular formula is C33H36ClN5O3. The van der Waals surface area contributed by atoms with E-state index in [0.29, 0.717) is 17.1 Å². The number of anilines is 1. The zero-order chi connectivity index (χ0) is 29.3. The van der Waals surface area contributed by atoms with Gasteiger partial charge in [0.2, 0.25) is 0 Å². The van der Waals surface area contributed by atoms with E-state index in [1.54, 1.807) is 19.4 Å². The summed E-state index contributed by atoms with van der Waals surface area (Å²) in [5.41, 5.74) is 11.6. The first-order valence-corrected chi connectivity index (χ1v) is 14.7. The maximum Gasteiger partial charge on any atom is 0.252 e. The van der Waals surface area contributed by atoms with Crippen LogP contribution in [0, 0.1) is 0 Å². The van der Waals surface area contributed by atoms with Crippen LogP contribution in [0.3, 0.4) is 0 Å². The lowest BCUT2D eigenvalue weighted by Crippen LogP contribution is -2.52. The van der Waals surface area contributed by atoms with Gasteiger partial charge in [0.15, 0.2) is 5.75 Å². The number of primary amides is 1. The van der Waals surface area contributed by atoms with E-state index in [2.05, 4.69) is 39.5 Å². The Balaban J connectivity index is 1.40. The smallest absolute Gasteiger partial charge is 0.252 e. The van der Waals surface area contributed by atoms with Crippen molar-refractivity contribution in [3.05, 3.63) is 88.6 Å². The Hall–Kier alpha value is -3.85. The van der Waals surface area contributed by atoms with E-state index in [-0.39, 0.29) is 11.6 Å². The summed E-state index contributed by atoms with van der Waals surface area (Å²) < 4.78 is 12.6. The van der Waals surface area contributed by atoms with Crippen LogP contribution in [0.1, 0.15) is 48.5 Å². The Morgan fingerprint density at radius 3 is 2.76 bits per heavy atom. The third-order valence-corrected chi connectivity index (χ3v) is 8.91. The molecule has 9 heteroatoms. The molecule has 1 aromatic heterocycles. The van der Waals surface area contributed by atoms with E-state index in [0.717, 1.165) is 66.9 Å². The highest BCUT2D eigenvalue weighted by atomic mass is 35.5. The number of allylic oxidation sites excluding steroid dienone is 1. The largest absolute Gasteiger partial charge is 0.454 e. The summed E-state index contributed by atoms with van der Waals surface area (Å²) in [6.45, 7) is 4.55. The third-order valence-electron chi connectivity index (χ3n) is 8.66. The molecule has 0 bridgehead atoms. The number of fused-ring (bicyclic) bond motifs is 1. The van der Waals surface area contributed by atoms with Crippen molar-refractivity contribution in [1.82, 2.24) is 15.5 Å². The molecule has 2 unspecified atom stereocenters. The minimum absolute atomic E-state index is 0.116.